The minimum absolute atomic E-state index is 0.0781. The third-order valence-corrected chi connectivity index (χ3v) is 6.03. The summed E-state index contributed by atoms with van der Waals surface area (Å²) in [6, 6.07) is 16.3. The number of para-hydroxylation sites is 1. The van der Waals surface area contributed by atoms with Crippen LogP contribution in [0, 0.1) is 0 Å². The number of nitrogens with zero attached hydrogens (tertiary/aromatic N) is 3. The lowest BCUT2D eigenvalue weighted by atomic mass is 10.0. The predicted molar refractivity (Wildman–Crippen MR) is 120 cm³/mol. The fourth-order valence-corrected chi connectivity index (χ4v) is 4.24. The zero-order valence-electron chi connectivity index (χ0n) is 16.7. The molecule has 30 heavy (non-hydrogen) atoms. The van der Waals surface area contributed by atoms with E-state index in [1.165, 1.54) is 0 Å². The molecule has 0 saturated carbocycles. The molecular weight excluding hydrogens is 396 g/mol. The van der Waals surface area contributed by atoms with Crippen molar-refractivity contribution in [3.05, 3.63) is 77.3 Å². The van der Waals surface area contributed by atoms with Gasteiger partial charge in [0.1, 0.15) is 0 Å². The number of anilines is 2. The zero-order chi connectivity index (χ0) is 20.8. The number of nitrogens with one attached hydrogen (secondary N) is 1. The molecular formula is C23H24N4O2S. The third-order valence-electron chi connectivity index (χ3n) is 5.20. The lowest BCUT2D eigenvalue weighted by Gasteiger charge is -2.34. The van der Waals surface area contributed by atoms with E-state index in [2.05, 4.69) is 20.1 Å². The summed E-state index contributed by atoms with van der Waals surface area (Å²) in [5.74, 6) is -0.171. The van der Waals surface area contributed by atoms with Crippen molar-refractivity contribution in [3.63, 3.8) is 0 Å². The van der Waals surface area contributed by atoms with E-state index in [9.17, 15) is 9.59 Å². The Hall–Kier alpha value is -3.03. The Morgan fingerprint density at radius 2 is 1.70 bits per heavy atom. The van der Waals surface area contributed by atoms with Crippen LogP contribution in [0.25, 0.3) is 0 Å². The average Bonchev–Trinajstić information content (AvgIpc) is 3.34. The van der Waals surface area contributed by atoms with Gasteiger partial charge >= 0.3 is 0 Å². The first-order valence-electron chi connectivity index (χ1n) is 10.1. The van der Waals surface area contributed by atoms with Gasteiger partial charge in [-0.05, 0) is 12.1 Å². The number of benzene rings is 2. The molecule has 0 spiro atoms. The number of ketones is 1. The summed E-state index contributed by atoms with van der Waals surface area (Å²) in [6.07, 6.45) is 2.22. The van der Waals surface area contributed by atoms with E-state index >= 15 is 0 Å². The minimum atomic E-state index is -0.0928. The van der Waals surface area contributed by atoms with Crippen molar-refractivity contribution in [1.29, 1.82) is 0 Å². The highest BCUT2D eigenvalue weighted by Crippen LogP contribution is 2.21. The normalized spacial score (nSPS) is 14.5. The van der Waals surface area contributed by atoms with Crippen LogP contribution in [0.3, 0.4) is 0 Å². The molecule has 0 radical (unpaired) electrons. The van der Waals surface area contributed by atoms with Gasteiger partial charge in [0.15, 0.2) is 10.9 Å². The summed E-state index contributed by atoms with van der Waals surface area (Å²) in [4.78, 5) is 34.3. The first kappa shape index (κ1) is 20.3. The van der Waals surface area contributed by atoms with Crippen LogP contribution in [0.5, 0.6) is 0 Å². The first-order valence-corrected chi connectivity index (χ1v) is 10.9. The van der Waals surface area contributed by atoms with Gasteiger partial charge in [-0.2, -0.15) is 0 Å². The molecule has 0 atom stereocenters. The fraction of sp³-hybridized carbons (Fsp3) is 0.261. The van der Waals surface area contributed by atoms with Crippen molar-refractivity contribution >= 4 is 33.8 Å². The highest BCUT2D eigenvalue weighted by Gasteiger charge is 2.20. The summed E-state index contributed by atoms with van der Waals surface area (Å²) in [5.41, 5.74) is 1.68. The number of hydrogen-bond donors (Lipinski definition) is 1. The molecule has 1 N–H and O–H groups in total. The van der Waals surface area contributed by atoms with E-state index in [0.29, 0.717) is 29.8 Å². The molecule has 1 fully saturated rings. The smallest absolute Gasteiger partial charge is 0.225 e. The van der Waals surface area contributed by atoms with Crippen LogP contribution in [-0.4, -0.2) is 54.3 Å². The lowest BCUT2D eigenvalue weighted by molar-refractivity contribution is -0.116. The highest BCUT2D eigenvalue weighted by atomic mass is 32.1. The van der Waals surface area contributed by atoms with E-state index in [1.807, 2.05) is 41.9 Å². The fourth-order valence-electron chi connectivity index (χ4n) is 3.54. The predicted octanol–water partition coefficient (Wildman–Crippen LogP) is 3.52. The number of thiazole rings is 1. The van der Waals surface area contributed by atoms with Crippen molar-refractivity contribution < 1.29 is 9.59 Å². The first-order chi connectivity index (χ1) is 14.7. The van der Waals surface area contributed by atoms with Crippen LogP contribution in [0.15, 0.2) is 66.2 Å². The molecule has 6 nitrogen and oxygen atoms in total. The van der Waals surface area contributed by atoms with Crippen molar-refractivity contribution in [3.8, 4) is 0 Å². The van der Waals surface area contributed by atoms with Crippen LogP contribution >= 0.6 is 11.3 Å². The number of hydrogen-bond acceptors (Lipinski definition) is 6. The van der Waals surface area contributed by atoms with Crippen LogP contribution in [-0.2, 0) is 4.79 Å². The highest BCUT2D eigenvalue weighted by molar-refractivity contribution is 7.13. The summed E-state index contributed by atoms with van der Waals surface area (Å²) < 4.78 is 0. The quantitative estimate of drug-likeness (QED) is 0.593. The number of amides is 1. The number of aromatic nitrogens is 1. The average molecular weight is 421 g/mol. The summed E-state index contributed by atoms with van der Waals surface area (Å²) in [7, 11) is 0. The maximum atomic E-state index is 12.8. The molecule has 7 heteroatoms. The molecule has 0 unspecified atom stereocenters. The largest absolute Gasteiger partial charge is 0.346 e. The summed E-state index contributed by atoms with van der Waals surface area (Å²) in [6.45, 7) is 4.37. The molecule has 1 aliphatic rings. The Kier molecular flexibility index (Phi) is 6.51. The van der Waals surface area contributed by atoms with Crippen molar-refractivity contribution in [2.75, 3.05) is 42.9 Å². The Balaban J connectivity index is 1.30. The Morgan fingerprint density at radius 3 is 2.43 bits per heavy atom. The maximum absolute atomic E-state index is 12.8. The topological polar surface area (TPSA) is 65.5 Å². The van der Waals surface area contributed by atoms with Gasteiger partial charge in [0.25, 0.3) is 0 Å². The van der Waals surface area contributed by atoms with Crippen LogP contribution < -0.4 is 10.2 Å². The Bertz CT molecular complexity index is 983. The molecule has 1 aliphatic heterocycles. The molecule has 1 saturated heterocycles. The molecule has 2 heterocycles. The summed E-state index contributed by atoms with van der Waals surface area (Å²) >= 11 is 1.66. The van der Waals surface area contributed by atoms with Gasteiger partial charge < -0.3 is 10.2 Å². The number of carbonyl (C=O) groups is 2. The van der Waals surface area contributed by atoms with Gasteiger partial charge in [-0.15, -0.1) is 11.3 Å². The standard InChI is InChI=1S/C23H24N4O2S/c28-21(10-12-26-13-15-27(16-14-26)23-24-11-17-30-23)25-20-9-5-4-8-19(20)22(29)18-6-2-1-3-7-18/h1-9,11,17H,10,12-16H2,(H,25,28). The molecule has 0 bridgehead atoms. The monoisotopic (exact) mass is 420 g/mol. The second kappa shape index (κ2) is 9.65. The molecule has 4 rings (SSSR count). The van der Waals surface area contributed by atoms with E-state index in [-0.39, 0.29) is 11.7 Å². The molecule has 3 aromatic rings. The van der Waals surface area contributed by atoms with Crippen molar-refractivity contribution in [1.82, 2.24) is 9.88 Å². The lowest BCUT2D eigenvalue weighted by Crippen LogP contribution is -2.47. The molecule has 1 amide bonds. The number of rotatable bonds is 7. The minimum Gasteiger partial charge on any atom is -0.346 e. The van der Waals surface area contributed by atoms with Crippen LogP contribution in [0.1, 0.15) is 22.3 Å². The van der Waals surface area contributed by atoms with Gasteiger partial charge in [0.2, 0.25) is 5.91 Å². The Morgan fingerprint density at radius 1 is 0.967 bits per heavy atom. The van der Waals surface area contributed by atoms with E-state index < -0.39 is 0 Å². The molecule has 2 aromatic carbocycles. The second-order valence-corrected chi connectivity index (χ2v) is 8.06. The van der Waals surface area contributed by atoms with E-state index in [1.54, 1.807) is 35.6 Å². The number of piperazine rings is 1. The van der Waals surface area contributed by atoms with Crippen molar-refractivity contribution in [2.45, 2.75) is 6.42 Å². The second-order valence-electron chi connectivity index (χ2n) is 7.18. The number of carbonyl (C=O) groups excluding carboxylic acids is 2. The van der Waals surface area contributed by atoms with Crippen molar-refractivity contribution in [2.24, 2.45) is 0 Å². The van der Waals surface area contributed by atoms with E-state index in [4.69, 9.17) is 0 Å². The zero-order valence-corrected chi connectivity index (χ0v) is 17.5. The summed E-state index contributed by atoms with van der Waals surface area (Å²) in [5, 5.41) is 5.98. The van der Waals surface area contributed by atoms with E-state index in [0.717, 1.165) is 31.3 Å². The molecule has 154 valence electrons. The third kappa shape index (κ3) is 4.93. The maximum Gasteiger partial charge on any atom is 0.225 e. The van der Waals surface area contributed by atoms with Gasteiger partial charge in [-0.1, -0.05) is 42.5 Å². The SMILES string of the molecule is O=C(CCN1CCN(c2nccs2)CC1)Nc1ccccc1C(=O)c1ccccc1. The van der Waals surface area contributed by atoms with Gasteiger partial charge in [-0.25, -0.2) is 4.98 Å². The molecule has 0 aliphatic carbocycles. The van der Waals surface area contributed by atoms with Gasteiger partial charge in [0, 0.05) is 61.8 Å². The van der Waals surface area contributed by atoms with Gasteiger partial charge in [0.05, 0.1) is 5.69 Å². The Labute approximate surface area is 180 Å². The molecule has 1 aromatic heterocycles. The van der Waals surface area contributed by atoms with Gasteiger partial charge in [-0.3, -0.25) is 14.5 Å². The van der Waals surface area contributed by atoms with Crippen LogP contribution in [0.2, 0.25) is 0 Å². The van der Waals surface area contributed by atoms with Crippen LogP contribution in [0.4, 0.5) is 10.8 Å².